The fraction of sp³-hybridized carbons (Fsp3) is 0.375. The number of aromatic nitrogens is 1. The maximum absolute atomic E-state index is 13.1. The Kier molecular flexibility index (Phi) is 6.71. The number of halogens is 2. The second-order valence-corrected chi connectivity index (χ2v) is 8.12. The Morgan fingerprint density at radius 3 is 2.62 bits per heavy atom. The number of hydrogen-bond donors (Lipinski definition) is 0. The van der Waals surface area contributed by atoms with Crippen LogP contribution in [0.4, 0.5) is 0 Å². The number of benzene rings is 1. The van der Waals surface area contributed by atoms with Gasteiger partial charge in [0.15, 0.2) is 0 Å². The molecular weight excluding hydrogens is 371 g/mol. The summed E-state index contributed by atoms with van der Waals surface area (Å²) in [6, 6.07) is 8.20. The van der Waals surface area contributed by atoms with Crippen LogP contribution in [-0.2, 0) is 28.4 Å². The summed E-state index contributed by atoms with van der Waals surface area (Å²) >= 11 is 12.1. The molecule has 0 N–H and O–H groups in total. The Morgan fingerprint density at radius 2 is 2.00 bits per heavy atom. The Labute approximate surface area is 152 Å². The molecule has 0 spiro atoms. The molecule has 0 saturated carbocycles. The van der Waals surface area contributed by atoms with Crippen molar-refractivity contribution in [3.05, 3.63) is 52.3 Å². The number of ether oxygens (including phenoxy) is 1. The molecule has 0 atom stereocenters. The molecule has 5 nitrogen and oxygen atoms in total. The molecule has 0 unspecified atom stereocenters. The van der Waals surface area contributed by atoms with E-state index in [2.05, 4.69) is 0 Å². The van der Waals surface area contributed by atoms with Crippen molar-refractivity contribution < 1.29 is 13.2 Å². The third-order valence-electron chi connectivity index (χ3n) is 3.66. The first kappa shape index (κ1) is 19.3. The van der Waals surface area contributed by atoms with Crippen LogP contribution in [0.1, 0.15) is 12.1 Å². The maximum atomic E-state index is 13.1. The van der Waals surface area contributed by atoms with Crippen LogP contribution in [0.25, 0.3) is 0 Å². The predicted molar refractivity (Wildman–Crippen MR) is 96.0 cm³/mol. The molecule has 24 heavy (non-hydrogen) atoms. The molecule has 1 heterocycles. The van der Waals surface area contributed by atoms with Crippen LogP contribution in [0.5, 0.6) is 0 Å². The third kappa shape index (κ3) is 4.52. The van der Waals surface area contributed by atoms with Gasteiger partial charge in [-0.3, -0.25) is 0 Å². The van der Waals surface area contributed by atoms with Crippen molar-refractivity contribution in [1.82, 2.24) is 8.87 Å². The van der Waals surface area contributed by atoms with Crippen molar-refractivity contribution in [1.29, 1.82) is 0 Å². The van der Waals surface area contributed by atoms with Crippen molar-refractivity contribution >= 4 is 33.2 Å². The van der Waals surface area contributed by atoms with Gasteiger partial charge < -0.3 is 9.30 Å². The van der Waals surface area contributed by atoms with Crippen LogP contribution in [0.15, 0.2) is 41.4 Å². The lowest BCUT2D eigenvalue weighted by atomic mass is 10.4. The first-order valence-corrected chi connectivity index (χ1v) is 9.60. The zero-order chi connectivity index (χ0) is 17.7. The van der Waals surface area contributed by atoms with Gasteiger partial charge in [-0.15, -0.1) is 0 Å². The van der Waals surface area contributed by atoms with Gasteiger partial charge in [-0.05, 0) is 36.8 Å². The molecule has 0 aliphatic rings. The average molecular weight is 391 g/mol. The van der Waals surface area contributed by atoms with Gasteiger partial charge in [0.25, 0.3) is 0 Å². The number of sulfonamides is 1. The van der Waals surface area contributed by atoms with Crippen LogP contribution in [-0.4, -0.2) is 37.6 Å². The van der Waals surface area contributed by atoms with E-state index in [1.54, 1.807) is 13.2 Å². The topological polar surface area (TPSA) is 51.5 Å². The molecule has 0 amide bonds. The standard InChI is InChI=1S/C16H20Cl2N2O3S/c1-19-8-3-5-14(19)12-20(9-4-10-23-2)24(21,22)16-11-13(17)6-7-15(16)18/h3,5-8,11H,4,9-10,12H2,1-2H3. The molecule has 0 aliphatic carbocycles. The normalized spacial score (nSPS) is 12.0. The molecule has 2 rings (SSSR count). The Morgan fingerprint density at radius 1 is 1.25 bits per heavy atom. The second-order valence-electron chi connectivity index (χ2n) is 5.37. The van der Waals surface area contributed by atoms with Gasteiger partial charge in [0.1, 0.15) is 4.90 Å². The van der Waals surface area contributed by atoms with E-state index in [1.807, 2.05) is 29.9 Å². The minimum Gasteiger partial charge on any atom is -0.385 e. The molecule has 2 aromatic rings. The average Bonchev–Trinajstić information content (AvgIpc) is 2.94. The van der Waals surface area contributed by atoms with Crippen LogP contribution in [0, 0.1) is 0 Å². The first-order chi connectivity index (χ1) is 11.4. The molecule has 0 aliphatic heterocycles. The summed E-state index contributed by atoms with van der Waals surface area (Å²) in [5.41, 5.74) is 0.883. The number of aryl methyl sites for hydroxylation is 1. The molecule has 1 aromatic carbocycles. The lowest BCUT2D eigenvalue weighted by Gasteiger charge is -2.23. The predicted octanol–water partition coefficient (Wildman–Crippen LogP) is 3.56. The van der Waals surface area contributed by atoms with E-state index in [-0.39, 0.29) is 16.5 Å². The van der Waals surface area contributed by atoms with Crippen molar-refractivity contribution in [2.24, 2.45) is 7.05 Å². The van der Waals surface area contributed by atoms with E-state index in [4.69, 9.17) is 27.9 Å². The zero-order valence-electron chi connectivity index (χ0n) is 13.6. The van der Waals surface area contributed by atoms with E-state index in [0.717, 1.165) is 5.69 Å². The van der Waals surface area contributed by atoms with Crippen LogP contribution >= 0.6 is 23.2 Å². The summed E-state index contributed by atoms with van der Waals surface area (Å²) in [4.78, 5) is 0.0169. The zero-order valence-corrected chi connectivity index (χ0v) is 15.9. The molecule has 0 fully saturated rings. The molecule has 0 bridgehead atoms. The number of hydrogen-bond acceptors (Lipinski definition) is 3. The lowest BCUT2D eigenvalue weighted by Crippen LogP contribution is -2.33. The van der Waals surface area contributed by atoms with E-state index >= 15 is 0 Å². The fourth-order valence-corrected chi connectivity index (χ4v) is 4.51. The molecule has 1 aromatic heterocycles. The highest BCUT2D eigenvalue weighted by Gasteiger charge is 2.27. The highest BCUT2D eigenvalue weighted by Crippen LogP contribution is 2.28. The molecule has 0 saturated heterocycles. The van der Waals surface area contributed by atoms with Gasteiger partial charge in [0.2, 0.25) is 10.0 Å². The van der Waals surface area contributed by atoms with Gasteiger partial charge in [-0.1, -0.05) is 23.2 Å². The highest BCUT2D eigenvalue weighted by molar-refractivity contribution is 7.89. The quantitative estimate of drug-likeness (QED) is 0.647. The Balaban J connectivity index is 2.36. The van der Waals surface area contributed by atoms with E-state index in [9.17, 15) is 8.42 Å². The number of nitrogens with zero attached hydrogens (tertiary/aromatic N) is 2. The minimum absolute atomic E-state index is 0.0169. The van der Waals surface area contributed by atoms with Gasteiger partial charge in [0.05, 0.1) is 11.6 Å². The van der Waals surface area contributed by atoms with Gasteiger partial charge >= 0.3 is 0 Å². The molecule has 8 heteroatoms. The third-order valence-corrected chi connectivity index (χ3v) is 6.22. The molecular formula is C16H20Cl2N2O3S. The minimum atomic E-state index is -3.78. The lowest BCUT2D eigenvalue weighted by molar-refractivity contribution is 0.186. The Bertz CT molecular complexity index is 790. The van der Waals surface area contributed by atoms with Crippen LogP contribution in [0.3, 0.4) is 0 Å². The largest absolute Gasteiger partial charge is 0.385 e. The molecule has 0 radical (unpaired) electrons. The van der Waals surface area contributed by atoms with Crippen LogP contribution < -0.4 is 0 Å². The summed E-state index contributed by atoms with van der Waals surface area (Å²) in [6.45, 7) is 1.05. The SMILES string of the molecule is COCCCN(Cc1cccn1C)S(=O)(=O)c1cc(Cl)ccc1Cl. The van der Waals surface area contributed by atoms with Gasteiger partial charge in [-0.25, -0.2) is 8.42 Å². The monoisotopic (exact) mass is 390 g/mol. The summed E-state index contributed by atoms with van der Waals surface area (Å²) in [6.07, 6.45) is 2.46. The number of methoxy groups -OCH3 is 1. The first-order valence-electron chi connectivity index (χ1n) is 7.40. The van der Waals surface area contributed by atoms with E-state index in [1.165, 1.54) is 16.4 Å². The van der Waals surface area contributed by atoms with Crippen molar-refractivity contribution in [3.63, 3.8) is 0 Å². The maximum Gasteiger partial charge on any atom is 0.244 e. The van der Waals surface area contributed by atoms with E-state index < -0.39 is 10.0 Å². The summed E-state index contributed by atoms with van der Waals surface area (Å²) in [5, 5.41) is 0.483. The van der Waals surface area contributed by atoms with Crippen molar-refractivity contribution in [3.8, 4) is 0 Å². The summed E-state index contributed by atoms with van der Waals surface area (Å²) in [7, 11) is -0.316. The second kappa shape index (κ2) is 8.36. The van der Waals surface area contributed by atoms with E-state index in [0.29, 0.717) is 24.6 Å². The summed E-state index contributed by atoms with van der Waals surface area (Å²) in [5.74, 6) is 0. The smallest absolute Gasteiger partial charge is 0.244 e. The molecule has 132 valence electrons. The van der Waals surface area contributed by atoms with Crippen molar-refractivity contribution in [2.45, 2.75) is 17.9 Å². The summed E-state index contributed by atoms with van der Waals surface area (Å²) < 4.78 is 34.5. The highest BCUT2D eigenvalue weighted by atomic mass is 35.5. The van der Waals surface area contributed by atoms with Crippen LogP contribution in [0.2, 0.25) is 10.0 Å². The number of rotatable bonds is 8. The van der Waals surface area contributed by atoms with Crippen molar-refractivity contribution in [2.75, 3.05) is 20.3 Å². The van der Waals surface area contributed by atoms with Gasteiger partial charge in [0, 0.05) is 44.2 Å². The Hall–Kier alpha value is -1.05. The fourth-order valence-electron chi connectivity index (χ4n) is 2.32. The van der Waals surface area contributed by atoms with Gasteiger partial charge in [-0.2, -0.15) is 4.31 Å².